The van der Waals surface area contributed by atoms with Crippen molar-refractivity contribution in [3.63, 3.8) is 0 Å². The zero-order chi connectivity index (χ0) is 18.4. The highest BCUT2D eigenvalue weighted by Crippen LogP contribution is 2.19. The lowest BCUT2D eigenvalue weighted by molar-refractivity contribution is -0.121. The summed E-state index contributed by atoms with van der Waals surface area (Å²) < 4.78 is 18.5. The molecule has 1 amide bonds. The van der Waals surface area contributed by atoms with Gasteiger partial charge in [-0.2, -0.15) is 4.98 Å². The Hall–Kier alpha value is -1.99. The number of carbonyl (C=O) groups excluding carboxylic acids is 1. The van der Waals surface area contributed by atoms with Crippen LogP contribution in [0.5, 0.6) is 0 Å². The van der Waals surface area contributed by atoms with Gasteiger partial charge in [-0.05, 0) is 43.0 Å². The zero-order valence-electron chi connectivity index (χ0n) is 15.3. The van der Waals surface area contributed by atoms with Crippen LogP contribution >= 0.6 is 12.4 Å². The first-order chi connectivity index (χ1) is 11.9. The lowest BCUT2D eigenvalue weighted by Gasteiger charge is -2.18. The maximum Gasteiger partial charge on any atom is 0.227 e. The van der Waals surface area contributed by atoms with Crippen molar-refractivity contribution in [2.75, 3.05) is 6.54 Å². The predicted molar refractivity (Wildman–Crippen MR) is 100 cm³/mol. The molecule has 1 aromatic heterocycles. The summed E-state index contributed by atoms with van der Waals surface area (Å²) in [6.45, 7) is 6.27. The van der Waals surface area contributed by atoms with Crippen LogP contribution in [-0.4, -0.2) is 28.6 Å². The van der Waals surface area contributed by atoms with Gasteiger partial charge in [0.15, 0.2) is 0 Å². The maximum absolute atomic E-state index is 13.3. The molecule has 0 aliphatic heterocycles. The summed E-state index contributed by atoms with van der Waals surface area (Å²) in [6.07, 6.45) is 1.44. The first-order valence-corrected chi connectivity index (χ1v) is 8.47. The molecule has 2 rings (SSSR count). The molecule has 0 aliphatic carbocycles. The number of nitrogens with one attached hydrogen (secondary N) is 1. The van der Waals surface area contributed by atoms with E-state index in [0.29, 0.717) is 41.7 Å². The fraction of sp³-hybridized carbons (Fsp3) is 0.500. The minimum absolute atomic E-state index is 0. The number of nitrogens with zero attached hydrogens (tertiary/aromatic N) is 2. The summed E-state index contributed by atoms with van der Waals surface area (Å²) in [5, 5.41) is 6.82. The zero-order valence-corrected chi connectivity index (χ0v) is 16.1. The Bertz CT molecular complexity index is 721. The van der Waals surface area contributed by atoms with E-state index in [1.807, 2.05) is 0 Å². The van der Waals surface area contributed by atoms with Crippen molar-refractivity contribution in [1.29, 1.82) is 0 Å². The fourth-order valence-electron chi connectivity index (χ4n) is 2.56. The standard InChI is InChI=1S/C18H25FN4O2.ClH/c1-11(2)8-14(10-20)21-16(24)6-7-17-22-18(23-25-17)13-4-5-15(19)12(3)9-13;/h4-5,9,11,14H,6-8,10,20H2,1-3H3,(H,21,24);1H. The summed E-state index contributed by atoms with van der Waals surface area (Å²) in [4.78, 5) is 16.3. The molecule has 0 bridgehead atoms. The highest BCUT2D eigenvalue weighted by molar-refractivity contribution is 5.85. The number of hydrogen-bond acceptors (Lipinski definition) is 5. The molecular formula is C18H26ClFN4O2. The van der Waals surface area contributed by atoms with Gasteiger partial charge in [0.1, 0.15) is 5.82 Å². The van der Waals surface area contributed by atoms with Crippen LogP contribution in [0.1, 0.15) is 38.1 Å². The smallest absolute Gasteiger partial charge is 0.227 e. The molecule has 2 aromatic rings. The first-order valence-electron chi connectivity index (χ1n) is 8.47. The third kappa shape index (κ3) is 6.38. The number of hydrogen-bond donors (Lipinski definition) is 2. The number of benzene rings is 1. The number of amides is 1. The van der Waals surface area contributed by atoms with Gasteiger partial charge in [-0.25, -0.2) is 4.39 Å². The molecule has 0 radical (unpaired) electrons. The van der Waals surface area contributed by atoms with Crippen LogP contribution < -0.4 is 11.1 Å². The molecule has 1 heterocycles. The first kappa shape index (κ1) is 22.1. The van der Waals surface area contributed by atoms with Gasteiger partial charge < -0.3 is 15.6 Å². The molecule has 0 saturated heterocycles. The second kappa shape index (κ2) is 10.2. The van der Waals surface area contributed by atoms with Gasteiger partial charge in [-0.1, -0.05) is 19.0 Å². The quantitative estimate of drug-likeness (QED) is 0.729. The summed E-state index contributed by atoms with van der Waals surface area (Å²) in [5.41, 5.74) is 6.88. The third-order valence-corrected chi connectivity index (χ3v) is 3.86. The molecule has 1 aromatic carbocycles. The van der Waals surface area contributed by atoms with Crippen molar-refractivity contribution in [3.8, 4) is 11.4 Å². The lowest BCUT2D eigenvalue weighted by atomic mass is 10.0. The Kier molecular flexibility index (Phi) is 8.68. The molecule has 0 aliphatic rings. The molecule has 3 N–H and O–H groups in total. The molecule has 144 valence electrons. The highest BCUT2D eigenvalue weighted by Gasteiger charge is 2.15. The molecule has 26 heavy (non-hydrogen) atoms. The van der Waals surface area contributed by atoms with Crippen molar-refractivity contribution in [2.45, 2.75) is 46.1 Å². The number of nitrogens with two attached hydrogens (primary N) is 1. The summed E-state index contributed by atoms with van der Waals surface area (Å²) in [7, 11) is 0. The van der Waals surface area contributed by atoms with E-state index < -0.39 is 0 Å². The van der Waals surface area contributed by atoms with Gasteiger partial charge in [-0.3, -0.25) is 4.79 Å². The summed E-state index contributed by atoms with van der Waals surface area (Å²) in [6, 6.07) is 4.61. The molecular weight excluding hydrogens is 359 g/mol. The number of halogens is 2. The summed E-state index contributed by atoms with van der Waals surface area (Å²) in [5.74, 6) is 0.860. The number of rotatable bonds is 8. The second-order valence-electron chi connectivity index (χ2n) is 6.61. The van der Waals surface area contributed by atoms with Crippen molar-refractivity contribution >= 4 is 18.3 Å². The van der Waals surface area contributed by atoms with Gasteiger partial charge >= 0.3 is 0 Å². The Balaban J connectivity index is 0.00000338. The van der Waals surface area contributed by atoms with Crippen molar-refractivity contribution < 1.29 is 13.7 Å². The van der Waals surface area contributed by atoms with E-state index in [2.05, 4.69) is 29.3 Å². The van der Waals surface area contributed by atoms with Crippen LogP contribution in [0.15, 0.2) is 22.7 Å². The van der Waals surface area contributed by atoms with E-state index in [0.717, 1.165) is 6.42 Å². The third-order valence-electron chi connectivity index (χ3n) is 3.86. The molecule has 1 unspecified atom stereocenters. The lowest BCUT2D eigenvalue weighted by Crippen LogP contribution is -2.41. The molecule has 6 nitrogen and oxygen atoms in total. The van der Waals surface area contributed by atoms with Crippen LogP contribution in [0.25, 0.3) is 11.4 Å². The van der Waals surface area contributed by atoms with E-state index in [-0.39, 0.29) is 36.6 Å². The van der Waals surface area contributed by atoms with E-state index in [4.69, 9.17) is 10.3 Å². The van der Waals surface area contributed by atoms with Crippen LogP contribution in [0.2, 0.25) is 0 Å². The van der Waals surface area contributed by atoms with Crippen molar-refractivity contribution in [2.24, 2.45) is 11.7 Å². The SMILES string of the molecule is Cc1cc(-c2noc(CCC(=O)NC(CN)CC(C)C)n2)ccc1F.Cl. The molecule has 1 atom stereocenters. The Labute approximate surface area is 159 Å². The van der Waals surface area contributed by atoms with Crippen LogP contribution in [0.4, 0.5) is 4.39 Å². The average molecular weight is 385 g/mol. The van der Waals surface area contributed by atoms with Gasteiger partial charge in [0.2, 0.25) is 17.6 Å². The predicted octanol–water partition coefficient (Wildman–Crippen LogP) is 3.03. The number of aryl methyl sites for hydroxylation is 2. The average Bonchev–Trinajstić information content (AvgIpc) is 3.03. The molecule has 0 fully saturated rings. The van der Waals surface area contributed by atoms with E-state index >= 15 is 0 Å². The monoisotopic (exact) mass is 384 g/mol. The normalized spacial score (nSPS) is 11.9. The van der Waals surface area contributed by atoms with Crippen LogP contribution in [0, 0.1) is 18.7 Å². The van der Waals surface area contributed by atoms with Crippen LogP contribution in [0.3, 0.4) is 0 Å². The summed E-state index contributed by atoms with van der Waals surface area (Å²) >= 11 is 0. The minimum Gasteiger partial charge on any atom is -0.352 e. The molecule has 8 heteroatoms. The Morgan fingerprint density at radius 2 is 2.12 bits per heavy atom. The highest BCUT2D eigenvalue weighted by atomic mass is 35.5. The van der Waals surface area contributed by atoms with Gasteiger partial charge in [-0.15, -0.1) is 12.4 Å². The largest absolute Gasteiger partial charge is 0.352 e. The number of carbonyl (C=O) groups is 1. The molecule has 0 spiro atoms. The fourth-order valence-corrected chi connectivity index (χ4v) is 2.56. The maximum atomic E-state index is 13.3. The van der Waals surface area contributed by atoms with E-state index in [1.54, 1.807) is 19.1 Å². The van der Waals surface area contributed by atoms with Gasteiger partial charge in [0, 0.05) is 31.0 Å². The van der Waals surface area contributed by atoms with E-state index in [1.165, 1.54) is 6.07 Å². The topological polar surface area (TPSA) is 94.0 Å². The van der Waals surface area contributed by atoms with Gasteiger partial charge in [0.05, 0.1) is 0 Å². The number of aromatic nitrogens is 2. The van der Waals surface area contributed by atoms with Crippen molar-refractivity contribution in [1.82, 2.24) is 15.5 Å². The van der Waals surface area contributed by atoms with Gasteiger partial charge in [0.25, 0.3) is 0 Å². The van der Waals surface area contributed by atoms with E-state index in [9.17, 15) is 9.18 Å². The minimum atomic E-state index is -0.278. The molecule has 0 saturated carbocycles. The Morgan fingerprint density at radius 1 is 1.38 bits per heavy atom. The van der Waals surface area contributed by atoms with Crippen LogP contribution in [-0.2, 0) is 11.2 Å². The Morgan fingerprint density at radius 3 is 2.73 bits per heavy atom. The second-order valence-corrected chi connectivity index (χ2v) is 6.61. The van der Waals surface area contributed by atoms with Crippen molar-refractivity contribution in [3.05, 3.63) is 35.5 Å².